The molecule has 3 nitrogen and oxygen atoms in total. The van der Waals surface area contributed by atoms with Crippen molar-refractivity contribution < 1.29 is 13.7 Å². The number of aryl methyl sites for hydroxylation is 1. The Morgan fingerprint density at radius 1 is 1.12 bits per heavy atom. The van der Waals surface area contributed by atoms with E-state index in [0.29, 0.717) is 0 Å². The van der Waals surface area contributed by atoms with Gasteiger partial charge in [0.05, 0.1) is 17.5 Å². The molecule has 2 heterocycles. The van der Waals surface area contributed by atoms with Gasteiger partial charge < -0.3 is 13.7 Å². The van der Waals surface area contributed by atoms with Crippen molar-refractivity contribution in [3.8, 4) is 0 Å². The van der Waals surface area contributed by atoms with Crippen LogP contribution in [-0.2, 0) is 15.7 Å². The van der Waals surface area contributed by atoms with Crippen molar-refractivity contribution in [2.45, 2.75) is 58.7 Å². The summed E-state index contributed by atoms with van der Waals surface area (Å²) in [6.07, 6.45) is 3.94. The summed E-state index contributed by atoms with van der Waals surface area (Å²) in [6, 6.07) is 2.03. The van der Waals surface area contributed by atoms with E-state index in [9.17, 15) is 0 Å². The third kappa shape index (κ3) is 2.29. The highest BCUT2D eigenvalue weighted by Crippen LogP contribution is 2.36. The summed E-state index contributed by atoms with van der Waals surface area (Å²) in [4.78, 5) is 0. The summed E-state index contributed by atoms with van der Waals surface area (Å²) in [6.45, 7) is 10.3. The van der Waals surface area contributed by atoms with E-state index in [-0.39, 0.29) is 18.3 Å². The number of hydrogen-bond donors (Lipinski definition) is 0. The van der Waals surface area contributed by atoms with Crippen LogP contribution in [-0.4, -0.2) is 18.3 Å². The first-order valence-electron chi connectivity index (χ1n) is 6.28. The Balaban J connectivity index is 2.14. The minimum Gasteiger partial charge on any atom is -0.473 e. The molecule has 2 rings (SSSR count). The van der Waals surface area contributed by atoms with Gasteiger partial charge >= 0.3 is 7.12 Å². The van der Waals surface area contributed by atoms with Gasteiger partial charge in [-0.25, -0.2) is 0 Å². The van der Waals surface area contributed by atoms with Crippen molar-refractivity contribution in [3.05, 3.63) is 17.9 Å². The predicted octanol–water partition coefficient (Wildman–Crippen LogP) is 2.53. The van der Waals surface area contributed by atoms with Crippen LogP contribution in [0.5, 0.6) is 0 Å². The largest absolute Gasteiger partial charge is 0.532 e. The average molecular weight is 236 g/mol. The lowest BCUT2D eigenvalue weighted by molar-refractivity contribution is 0.00578. The van der Waals surface area contributed by atoms with Crippen LogP contribution >= 0.6 is 0 Å². The van der Waals surface area contributed by atoms with E-state index in [1.165, 1.54) is 5.56 Å². The first-order valence-corrected chi connectivity index (χ1v) is 6.28. The smallest absolute Gasteiger partial charge is 0.473 e. The maximum atomic E-state index is 5.93. The van der Waals surface area contributed by atoms with E-state index in [4.69, 9.17) is 13.7 Å². The zero-order chi connectivity index (χ0) is 12.7. The highest BCUT2D eigenvalue weighted by molar-refractivity contribution is 6.60. The maximum absolute atomic E-state index is 5.93. The van der Waals surface area contributed by atoms with Crippen LogP contribution in [0.4, 0.5) is 0 Å². The fourth-order valence-corrected chi connectivity index (χ4v) is 1.90. The van der Waals surface area contributed by atoms with Gasteiger partial charge in [0.2, 0.25) is 0 Å². The summed E-state index contributed by atoms with van der Waals surface area (Å²) in [5, 5.41) is 0. The van der Waals surface area contributed by atoms with Gasteiger partial charge in [0.25, 0.3) is 0 Å². The summed E-state index contributed by atoms with van der Waals surface area (Å²) in [7, 11) is -0.384. The van der Waals surface area contributed by atoms with Crippen LogP contribution in [0.1, 0.15) is 46.6 Å². The van der Waals surface area contributed by atoms with Crippen molar-refractivity contribution in [2.24, 2.45) is 0 Å². The molecule has 0 unspecified atom stereocenters. The van der Waals surface area contributed by atoms with Gasteiger partial charge in [-0.1, -0.05) is 13.3 Å². The maximum Gasteiger partial charge on any atom is 0.532 e. The van der Waals surface area contributed by atoms with Crippen LogP contribution in [0.15, 0.2) is 16.7 Å². The molecule has 0 aliphatic carbocycles. The highest BCUT2D eigenvalue weighted by Gasteiger charge is 2.53. The minimum absolute atomic E-state index is 0.310. The molecule has 1 aliphatic heterocycles. The summed E-state index contributed by atoms with van der Waals surface area (Å²) in [5.74, 6) is 0. The van der Waals surface area contributed by atoms with Gasteiger partial charge in [-0.2, -0.15) is 0 Å². The van der Waals surface area contributed by atoms with Gasteiger partial charge in [-0.05, 0) is 45.7 Å². The second-order valence-electron chi connectivity index (χ2n) is 5.70. The van der Waals surface area contributed by atoms with Gasteiger partial charge in [0.15, 0.2) is 0 Å². The summed E-state index contributed by atoms with van der Waals surface area (Å²) in [5.41, 5.74) is 1.36. The molecule has 0 bridgehead atoms. The molecule has 94 valence electrons. The molecular weight excluding hydrogens is 215 g/mol. The van der Waals surface area contributed by atoms with Crippen LogP contribution in [0.3, 0.4) is 0 Å². The zero-order valence-corrected chi connectivity index (χ0v) is 11.4. The Hall–Kier alpha value is -0.735. The van der Waals surface area contributed by atoms with E-state index in [0.717, 1.165) is 18.5 Å². The lowest BCUT2D eigenvalue weighted by atomic mass is 9.86. The van der Waals surface area contributed by atoms with Crippen molar-refractivity contribution >= 4 is 12.8 Å². The number of furan rings is 1. The molecule has 4 heteroatoms. The molecule has 0 radical (unpaired) electrons. The van der Waals surface area contributed by atoms with Crippen molar-refractivity contribution in [1.82, 2.24) is 0 Å². The van der Waals surface area contributed by atoms with Crippen molar-refractivity contribution in [3.63, 3.8) is 0 Å². The minimum atomic E-state index is -0.384. The first-order chi connectivity index (χ1) is 7.86. The van der Waals surface area contributed by atoms with Crippen LogP contribution in [0.25, 0.3) is 0 Å². The quantitative estimate of drug-likeness (QED) is 0.755. The molecule has 0 aromatic carbocycles. The normalized spacial score (nSPS) is 22.1. The van der Waals surface area contributed by atoms with E-state index in [1.807, 2.05) is 33.8 Å². The molecule has 1 aromatic heterocycles. The Bertz CT molecular complexity index is 379. The Morgan fingerprint density at radius 2 is 1.71 bits per heavy atom. The second-order valence-corrected chi connectivity index (χ2v) is 5.70. The molecular formula is C13H21BO3. The van der Waals surface area contributed by atoms with Gasteiger partial charge in [0, 0.05) is 0 Å². The number of hydrogen-bond acceptors (Lipinski definition) is 3. The Labute approximate surface area is 104 Å². The highest BCUT2D eigenvalue weighted by atomic mass is 16.7. The van der Waals surface area contributed by atoms with E-state index < -0.39 is 0 Å². The Morgan fingerprint density at radius 3 is 2.24 bits per heavy atom. The molecule has 0 amide bonds. The van der Waals surface area contributed by atoms with E-state index >= 15 is 0 Å². The molecule has 0 N–H and O–H groups in total. The van der Waals surface area contributed by atoms with Crippen molar-refractivity contribution in [1.29, 1.82) is 0 Å². The third-order valence-corrected chi connectivity index (χ3v) is 3.70. The Kier molecular flexibility index (Phi) is 3.13. The zero-order valence-electron chi connectivity index (χ0n) is 11.4. The summed E-state index contributed by atoms with van der Waals surface area (Å²) >= 11 is 0. The number of rotatable bonds is 3. The molecule has 1 saturated heterocycles. The standard InChI is InChI=1S/C13H21BO3/c1-6-7-10-8-11(15-9-10)14-16-12(2,3)13(4,5)17-14/h8-9H,6-7H2,1-5H3. The lowest BCUT2D eigenvalue weighted by Gasteiger charge is -2.32. The topological polar surface area (TPSA) is 31.6 Å². The molecule has 0 spiro atoms. The van der Waals surface area contributed by atoms with Gasteiger partial charge in [-0.3, -0.25) is 0 Å². The van der Waals surface area contributed by atoms with Crippen LogP contribution in [0, 0.1) is 0 Å². The predicted molar refractivity (Wildman–Crippen MR) is 68.4 cm³/mol. The molecule has 1 aliphatic rings. The van der Waals surface area contributed by atoms with Crippen molar-refractivity contribution in [2.75, 3.05) is 0 Å². The monoisotopic (exact) mass is 236 g/mol. The molecule has 1 fully saturated rings. The lowest BCUT2D eigenvalue weighted by Crippen LogP contribution is -2.41. The van der Waals surface area contributed by atoms with Gasteiger partial charge in [-0.15, -0.1) is 0 Å². The van der Waals surface area contributed by atoms with Gasteiger partial charge in [0.1, 0.15) is 5.66 Å². The average Bonchev–Trinajstić information content (AvgIpc) is 2.71. The van der Waals surface area contributed by atoms with Crippen LogP contribution in [0.2, 0.25) is 0 Å². The molecule has 0 atom stereocenters. The first kappa shape index (κ1) is 12.7. The second kappa shape index (κ2) is 4.18. The third-order valence-electron chi connectivity index (χ3n) is 3.70. The van der Waals surface area contributed by atoms with Crippen LogP contribution < -0.4 is 5.66 Å². The fourth-order valence-electron chi connectivity index (χ4n) is 1.90. The molecule has 0 saturated carbocycles. The SMILES string of the molecule is CCCc1coc(B2OC(C)(C)C(C)(C)O2)c1. The summed E-state index contributed by atoms with van der Waals surface area (Å²) < 4.78 is 17.4. The fraction of sp³-hybridized carbons (Fsp3) is 0.692. The van der Waals surface area contributed by atoms with E-state index in [1.54, 1.807) is 6.26 Å². The molecule has 1 aromatic rings. The molecule has 17 heavy (non-hydrogen) atoms. The van der Waals surface area contributed by atoms with E-state index in [2.05, 4.69) is 6.92 Å².